The van der Waals surface area contributed by atoms with E-state index in [4.69, 9.17) is 17.3 Å². The maximum atomic E-state index is 13.0. The molecule has 1 saturated heterocycles. The second-order valence-corrected chi connectivity index (χ2v) is 8.55. The molecular weight excluding hydrogens is 370 g/mol. The Bertz CT molecular complexity index is 818. The minimum atomic E-state index is -0.0199. The maximum Gasteiger partial charge on any atom is 0.320 e. The molecule has 1 saturated carbocycles. The van der Waals surface area contributed by atoms with E-state index in [1.165, 1.54) is 11.1 Å². The van der Waals surface area contributed by atoms with Crippen LogP contribution in [0.15, 0.2) is 54.6 Å². The summed E-state index contributed by atoms with van der Waals surface area (Å²) in [6.07, 6.45) is 3.98. The van der Waals surface area contributed by atoms with E-state index in [0.717, 1.165) is 43.8 Å². The van der Waals surface area contributed by atoms with Crippen LogP contribution in [0.3, 0.4) is 0 Å². The molecule has 0 radical (unpaired) electrons. The van der Waals surface area contributed by atoms with Gasteiger partial charge in [-0.15, -0.1) is 0 Å². The van der Waals surface area contributed by atoms with Gasteiger partial charge >= 0.3 is 6.03 Å². The zero-order valence-electron chi connectivity index (χ0n) is 16.2. The third-order valence-electron chi connectivity index (χ3n) is 6.52. The molecule has 4 nitrogen and oxygen atoms in total. The van der Waals surface area contributed by atoms with E-state index in [1.54, 1.807) is 0 Å². The molecule has 4 rings (SSSR count). The molecule has 2 amide bonds. The molecule has 0 atom stereocenters. The Morgan fingerprint density at radius 1 is 1.04 bits per heavy atom. The van der Waals surface area contributed by atoms with Gasteiger partial charge in [-0.2, -0.15) is 0 Å². The van der Waals surface area contributed by atoms with Crippen molar-refractivity contribution in [2.24, 2.45) is 5.73 Å². The predicted octanol–water partition coefficient (Wildman–Crippen LogP) is 4.42. The Labute approximate surface area is 172 Å². The Kier molecular flexibility index (Phi) is 5.61. The molecule has 1 aliphatic heterocycles. The number of urea groups is 1. The van der Waals surface area contributed by atoms with Crippen molar-refractivity contribution in [1.82, 2.24) is 9.80 Å². The average molecular weight is 398 g/mol. The smallest absolute Gasteiger partial charge is 0.320 e. The summed E-state index contributed by atoms with van der Waals surface area (Å²) in [6.45, 7) is 2.94. The number of hydrogen-bond acceptors (Lipinski definition) is 2. The van der Waals surface area contributed by atoms with Crippen LogP contribution in [0.2, 0.25) is 5.02 Å². The highest BCUT2D eigenvalue weighted by molar-refractivity contribution is 6.30. The SMILES string of the molecule is NC[C@]1(c2cccc(Cl)c2)CC[C@H](N2CCN(Cc3ccccc3)C2=O)CC1. The van der Waals surface area contributed by atoms with E-state index < -0.39 is 0 Å². The summed E-state index contributed by atoms with van der Waals surface area (Å²) >= 11 is 6.22. The van der Waals surface area contributed by atoms with E-state index in [2.05, 4.69) is 29.2 Å². The lowest BCUT2D eigenvalue weighted by molar-refractivity contribution is 0.144. The molecular formula is C23H28ClN3O. The van der Waals surface area contributed by atoms with Crippen molar-refractivity contribution in [3.63, 3.8) is 0 Å². The molecule has 2 aromatic carbocycles. The van der Waals surface area contributed by atoms with Gasteiger partial charge in [-0.25, -0.2) is 4.79 Å². The molecule has 0 unspecified atom stereocenters. The maximum absolute atomic E-state index is 13.0. The fraction of sp³-hybridized carbons (Fsp3) is 0.435. The summed E-state index contributed by atoms with van der Waals surface area (Å²) in [5.74, 6) is 0. The van der Waals surface area contributed by atoms with Gasteiger partial charge in [-0.05, 0) is 48.9 Å². The van der Waals surface area contributed by atoms with Crippen LogP contribution in [0.4, 0.5) is 4.79 Å². The first kappa shape index (κ1) is 19.3. The molecule has 2 fully saturated rings. The van der Waals surface area contributed by atoms with Gasteiger partial charge in [0.2, 0.25) is 0 Å². The molecule has 148 valence electrons. The molecule has 2 N–H and O–H groups in total. The van der Waals surface area contributed by atoms with Crippen LogP contribution < -0.4 is 5.73 Å². The summed E-state index contributed by atoms with van der Waals surface area (Å²) in [5, 5.41) is 0.763. The van der Waals surface area contributed by atoms with E-state index in [1.807, 2.05) is 35.2 Å². The summed E-state index contributed by atoms with van der Waals surface area (Å²) in [5.41, 5.74) is 8.62. The fourth-order valence-corrected chi connectivity index (χ4v) is 4.98. The van der Waals surface area contributed by atoms with Crippen molar-refractivity contribution in [2.45, 2.75) is 43.7 Å². The number of benzene rings is 2. The molecule has 28 heavy (non-hydrogen) atoms. The first-order valence-corrected chi connectivity index (χ1v) is 10.5. The van der Waals surface area contributed by atoms with Crippen LogP contribution >= 0.6 is 11.6 Å². The number of carbonyl (C=O) groups is 1. The molecule has 1 aliphatic carbocycles. The monoisotopic (exact) mass is 397 g/mol. The second kappa shape index (κ2) is 8.14. The molecule has 2 aliphatic rings. The Morgan fingerprint density at radius 3 is 2.46 bits per heavy atom. The van der Waals surface area contributed by atoms with Gasteiger partial charge in [-0.3, -0.25) is 0 Å². The quantitative estimate of drug-likeness (QED) is 0.811. The normalized spacial score (nSPS) is 25.4. The lowest BCUT2D eigenvalue weighted by Gasteiger charge is -2.42. The molecule has 0 bridgehead atoms. The number of amides is 2. The van der Waals surface area contributed by atoms with Gasteiger partial charge in [0.15, 0.2) is 0 Å². The Morgan fingerprint density at radius 2 is 1.79 bits per heavy atom. The highest BCUT2D eigenvalue weighted by atomic mass is 35.5. The van der Waals surface area contributed by atoms with Crippen molar-refractivity contribution >= 4 is 17.6 Å². The first-order valence-electron chi connectivity index (χ1n) is 10.2. The van der Waals surface area contributed by atoms with Crippen molar-refractivity contribution < 1.29 is 4.79 Å². The molecule has 1 heterocycles. The van der Waals surface area contributed by atoms with Gasteiger partial charge in [-0.1, -0.05) is 54.1 Å². The van der Waals surface area contributed by atoms with Gasteiger partial charge in [0.25, 0.3) is 0 Å². The summed E-state index contributed by atoms with van der Waals surface area (Å²) in [4.78, 5) is 17.0. The van der Waals surface area contributed by atoms with E-state index in [-0.39, 0.29) is 11.4 Å². The van der Waals surface area contributed by atoms with Crippen molar-refractivity contribution in [1.29, 1.82) is 0 Å². The van der Waals surface area contributed by atoms with Crippen molar-refractivity contribution in [2.75, 3.05) is 19.6 Å². The molecule has 0 aromatic heterocycles. The predicted molar refractivity (Wildman–Crippen MR) is 113 cm³/mol. The first-order chi connectivity index (χ1) is 13.6. The minimum absolute atomic E-state index is 0.0199. The summed E-state index contributed by atoms with van der Waals surface area (Å²) in [6, 6.07) is 18.8. The summed E-state index contributed by atoms with van der Waals surface area (Å²) in [7, 11) is 0. The Balaban J connectivity index is 1.40. The van der Waals surface area contributed by atoms with Crippen LogP contribution in [0.25, 0.3) is 0 Å². The van der Waals surface area contributed by atoms with Crippen LogP contribution in [0.5, 0.6) is 0 Å². The number of nitrogens with two attached hydrogens (primary N) is 1. The van der Waals surface area contributed by atoms with Gasteiger partial charge in [0, 0.05) is 42.7 Å². The molecule has 2 aromatic rings. The molecule has 5 heteroatoms. The number of halogens is 1. The number of carbonyl (C=O) groups excluding carboxylic acids is 1. The van der Waals surface area contributed by atoms with Gasteiger partial charge in [0.05, 0.1) is 0 Å². The highest BCUT2D eigenvalue weighted by Crippen LogP contribution is 2.41. The zero-order valence-corrected chi connectivity index (χ0v) is 16.9. The number of nitrogens with zero attached hydrogens (tertiary/aromatic N) is 2. The number of rotatable bonds is 5. The highest BCUT2D eigenvalue weighted by Gasteiger charge is 2.41. The second-order valence-electron chi connectivity index (χ2n) is 8.11. The van der Waals surface area contributed by atoms with Crippen molar-refractivity contribution in [3.8, 4) is 0 Å². The topological polar surface area (TPSA) is 49.6 Å². The van der Waals surface area contributed by atoms with Crippen molar-refractivity contribution in [3.05, 3.63) is 70.7 Å². The number of hydrogen-bond donors (Lipinski definition) is 1. The van der Waals surface area contributed by atoms with E-state index in [0.29, 0.717) is 19.1 Å². The Hall–Kier alpha value is -2.04. The summed E-state index contributed by atoms with van der Waals surface area (Å²) < 4.78 is 0. The molecule has 0 spiro atoms. The third-order valence-corrected chi connectivity index (χ3v) is 6.76. The minimum Gasteiger partial charge on any atom is -0.330 e. The van der Waals surface area contributed by atoms with E-state index >= 15 is 0 Å². The lowest BCUT2D eigenvalue weighted by atomic mass is 9.68. The van der Waals surface area contributed by atoms with Crippen LogP contribution in [-0.2, 0) is 12.0 Å². The van der Waals surface area contributed by atoms with E-state index in [9.17, 15) is 4.79 Å². The van der Waals surface area contributed by atoms with Crippen LogP contribution in [0, 0.1) is 0 Å². The largest absolute Gasteiger partial charge is 0.330 e. The van der Waals surface area contributed by atoms with Gasteiger partial charge < -0.3 is 15.5 Å². The third kappa shape index (κ3) is 3.76. The fourth-order valence-electron chi connectivity index (χ4n) is 4.79. The standard InChI is InChI=1S/C23H28ClN3O/c24-20-8-4-7-19(15-20)23(17-25)11-9-21(10-12-23)27-14-13-26(22(27)28)16-18-5-2-1-3-6-18/h1-8,15,21H,9-14,16-17,25H2/t21-,23-. The van der Waals surface area contributed by atoms with Crippen LogP contribution in [-0.4, -0.2) is 41.5 Å². The van der Waals surface area contributed by atoms with Gasteiger partial charge in [0.1, 0.15) is 0 Å². The average Bonchev–Trinajstić information content (AvgIpc) is 3.09. The zero-order chi connectivity index (χ0) is 19.6. The lowest BCUT2D eigenvalue weighted by Crippen LogP contribution is -2.46. The van der Waals surface area contributed by atoms with Crippen LogP contribution in [0.1, 0.15) is 36.8 Å².